The number of carbonyl (C=O) groups is 2. The van der Waals surface area contributed by atoms with Gasteiger partial charge >= 0.3 is 6.03 Å². The van der Waals surface area contributed by atoms with E-state index in [2.05, 4.69) is 22.9 Å². The van der Waals surface area contributed by atoms with Crippen molar-refractivity contribution in [1.29, 1.82) is 0 Å². The van der Waals surface area contributed by atoms with Gasteiger partial charge in [0.2, 0.25) is 0 Å². The third kappa shape index (κ3) is 4.14. The quantitative estimate of drug-likeness (QED) is 0.728. The number of allylic oxidation sites excluding steroid dienone is 1. The van der Waals surface area contributed by atoms with Crippen molar-refractivity contribution < 1.29 is 9.59 Å². The smallest absolute Gasteiger partial charge is 0.319 e. The van der Waals surface area contributed by atoms with E-state index in [1.807, 2.05) is 37.3 Å². The molecule has 140 valence electrons. The Morgan fingerprint density at radius 2 is 1.85 bits per heavy atom. The lowest BCUT2D eigenvalue weighted by Crippen LogP contribution is -2.45. The van der Waals surface area contributed by atoms with Crippen LogP contribution < -0.4 is 16.0 Å². The maximum Gasteiger partial charge on any atom is 0.319 e. The monoisotopic (exact) mass is 383 g/mol. The highest BCUT2D eigenvalue weighted by Crippen LogP contribution is 2.29. The Morgan fingerprint density at radius 3 is 2.48 bits per heavy atom. The molecule has 1 aliphatic rings. The van der Waals surface area contributed by atoms with Crippen LogP contribution in [0.4, 0.5) is 10.5 Å². The molecule has 0 aliphatic carbocycles. The molecular weight excluding hydrogens is 362 g/mol. The second kappa shape index (κ2) is 7.84. The van der Waals surface area contributed by atoms with Gasteiger partial charge in [-0.15, -0.1) is 0 Å². The molecule has 0 saturated carbocycles. The van der Waals surface area contributed by atoms with Gasteiger partial charge in [0.1, 0.15) is 0 Å². The zero-order valence-electron chi connectivity index (χ0n) is 15.5. The van der Waals surface area contributed by atoms with Gasteiger partial charge in [0.15, 0.2) is 0 Å². The van der Waals surface area contributed by atoms with Crippen LogP contribution in [0.5, 0.6) is 0 Å². The predicted octanol–water partition coefficient (Wildman–Crippen LogP) is 4.48. The van der Waals surface area contributed by atoms with Gasteiger partial charge in [0.25, 0.3) is 5.91 Å². The van der Waals surface area contributed by atoms with Gasteiger partial charge in [-0.3, -0.25) is 4.79 Å². The number of aryl methyl sites for hydroxylation is 2. The maximum atomic E-state index is 13.0. The minimum atomic E-state index is -0.523. The van der Waals surface area contributed by atoms with E-state index in [0.717, 1.165) is 17.5 Å². The van der Waals surface area contributed by atoms with Crippen LogP contribution >= 0.6 is 11.6 Å². The highest BCUT2D eigenvalue weighted by Gasteiger charge is 2.31. The third-order valence-electron chi connectivity index (χ3n) is 4.66. The Morgan fingerprint density at radius 1 is 1.15 bits per heavy atom. The van der Waals surface area contributed by atoms with Crippen molar-refractivity contribution in [3.05, 3.63) is 75.4 Å². The SMILES string of the molecule is CCc1ccc([C@H]2NC(=O)NC(C)=C2C(=O)Nc2ccc(C)c(Cl)c2)cc1. The first kappa shape index (κ1) is 19.0. The van der Waals surface area contributed by atoms with Crippen LogP contribution in [-0.2, 0) is 11.2 Å². The molecule has 0 aromatic heterocycles. The second-order valence-corrected chi connectivity index (χ2v) is 6.99. The minimum Gasteiger partial charge on any atom is -0.327 e. The molecule has 0 bridgehead atoms. The molecule has 27 heavy (non-hydrogen) atoms. The van der Waals surface area contributed by atoms with Gasteiger partial charge in [-0.25, -0.2) is 4.79 Å². The topological polar surface area (TPSA) is 70.2 Å². The fourth-order valence-electron chi connectivity index (χ4n) is 3.06. The van der Waals surface area contributed by atoms with Crippen molar-refractivity contribution in [2.45, 2.75) is 33.2 Å². The van der Waals surface area contributed by atoms with Gasteiger partial charge in [-0.2, -0.15) is 0 Å². The van der Waals surface area contributed by atoms with E-state index in [9.17, 15) is 9.59 Å². The molecule has 3 N–H and O–H groups in total. The Kier molecular flexibility index (Phi) is 5.51. The van der Waals surface area contributed by atoms with E-state index in [1.54, 1.807) is 19.1 Å². The van der Waals surface area contributed by atoms with Crippen LogP contribution in [0.1, 0.15) is 36.6 Å². The molecule has 1 heterocycles. The molecule has 0 saturated heterocycles. The first-order chi connectivity index (χ1) is 12.9. The molecule has 2 aromatic carbocycles. The van der Waals surface area contributed by atoms with E-state index < -0.39 is 6.04 Å². The number of carbonyl (C=O) groups excluding carboxylic acids is 2. The summed E-state index contributed by atoms with van der Waals surface area (Å²) in [6.45, 7) is 5.71. The van der Waals surface area contributed by atoms with Crippen LogP contribution in [0, 0.1) is 6.92 Å². The maximum absolute atomic E-state index is 13.0. The van der Waals surface area contributed by atoms with Gasteiger partial charge in [-0.05, 0) is 49.1 Å². The average molecular weight is 384 g/mol. The summed E-state index contributed by atoms with van der Waals surface area (Å²) in [6.07, 6.45) is 0.926. The molecule has 6 heteroatoms. The summed E-state index contributed by atoms with van der Waals surface area (Å²) in [7, 11) is 0. The van der Waals surface area contributed by atoms with Crippen molar-refractivity contribution in [1.82, 2.24) is 10.6 Å². The van der Waals surface area contributed by atoms with Crippen LogP contribution in [0.25, 0.3) is 0 Å². The molecule has 0 spiro atoms. The summed E-state index contributed by atoms with van der Waals surface area (Å²) >= 11 is 6.15. The van der Waals surface area contributed by atoms with E-state index in [-0.39, 0.29) is 11.9 Å². The Hall–Kier alpha value is -2.79. The number of urea groups is 1. The van der Waals surface area contributed by atoms with E-state index >= 15 is 0 Å². The van der Waals surface area contributed by atoms with E-state index in [0.29, 0.717) is 22.0 Å². The van der Waals surface area contributed by atoms with Crippen molar-refractivity contribution in [2.75, 3.05) is 5.32 Å². The van der Waals surface area contributed by atoms with Crippen molar-refractivity contribution >= 4 is 29.2 Å². The first-order valence-corrected chi connectivity index (χ1v) is 9.21. The standard InChI is InChI=1S/C21H22ClN3O2/c1-4-14-6-8-15(9-7-14)19-18(13(3)23-21(27)25-19)20(26)24-16-10-5-12(2)17(22)11-16/h5-11,19H,4H2,1-3H3,(H,24,26)(H2,23,25,27)/t19-/m1/s1. The zero-order chi connectivity index (χ0) is 19.6. The van der Waals surface area contributed by atoms with Crippen molar-refractivity contribution in [3.63, 3.8) is 0 Å². The first-order valence-electron chi connectivity index (χ1n) is 8.83. The lowest BCUT2D eigenvalue weighted by Gasteiger charge is -2.28. The Balaban J connectivity index is 1.92. The average Bonchev–Trinajstić information content (AvgIpc) is 2.64. The Labute approximate surface area is 163 Å². The molecule has 2 aromatic rings. The molecular formula is C21H22ClN3O2. The fraction of sp³-hybridized carbons (Fsp3) is 0.238. The molecule has 0 fully saturated rings. The zero-order valence-corrected chi connectivity index (χ0v) is 16.3. The normalized spacial score (nSPS) is 16.6. The third-order valence-corrected chi connectivity index (χ3v) is 5.07. The second-order valence-electron chi connectivity index (χ2n) is 6.58. The highest BCUT2D eigenvalue weighted by molar-refractivity contribution is 6.31. The van der Waals surface area contributed by atoms with Crippen LogP contribution in [-0.4, -0.2) is 11.9 Å². The number of hydrogen-bond acceptors (Lipinski definition) is 2. The van der Waals surface area contributed by atoms with Gasteiger partial charge in [0, 0.05) is 16.4 Å². The highest BCUT2D eigenvalue weighted by atomic mass is 35.5. The number of amides is 3. The Bertz CT molecular complexity index is 920. The summed E-state index contributed by atoms with van der Waals surface area (Å²) in [6, 6.07) is 12.4. The molecule has 5 nitrogen and oxygen atoms in total. The van der Waals surface area contributed by atoms with Crippen molar-refractivity contribution in [2.24, 2.45) is 0 Å². The summed E-state index contributed by atoms with van der Waals surface area (Å²) in [5, 5.41) is 8.98. The summed E-state index contributed by atoms with van der Waals surface area (Å²) in [5.74, 6) is -0.288. The fourth-order valence-corrected chi connectivity index (χ4v) is 3.24. The molecule has 3 amide bonds. The minimum absolute atomic E-state index is 0.288. The summed E-state index contributed by atoms with van der Waals surface area (Å²) in [5.41, 5.74) is 4.58. The van der Waals surface area contributed by atoms with Crippen LogP contribution in [0.15, 0.2) is 53.7 Å². The molecule has 1 aliphatic heterocycles. The largest absolute Gasteiger partial charge is 0.327 e. The molecule has 0 unspecified atom stereocenters. The molecule has 3 rings (SSSR count). The lowest BCUT2D eigenvalue weighted by molar-refractivity contribution is -0.113. The number of hydrogen-bond donors (Lipinski definition) is 3. The number of halogens is 1. The van der Waals surface area contributed by atoms with Crippen LogP contribution in [0.3, 0.4) is 0 Å². The lowest BCUT2D eigenvalue weighted by atomic mass is 9.94. The van der Waals surface area contributed by atoms with Gasteiger partial charge in [-0.1, -0.05) is 48.9 Å². The summed E-state index contributed by atoms with van der Waals surface area (Å²) < 4.78 is 0. The number of anilines is 1. The van der Waals surface area contributed by atoms with Gasteiger partial charge in [0.05, 0.1) is 11.6 Å². The number of nitrogens with one attached hydrogen (secondary N) is 3. The van der Waals surface area contributed by atoms with E-state index in [1.165, 1.54) is 5.56 Å². The molecule has 1 atom stereocenters. The van der Waals surface area contributed by atoms with Crippen LogP contribution in [0.2, 0.25) is 5.02 Å². The predicted molar refractivity (Wildman–Crippen MR) is 108 cm³/mol. The van der Waals surface area contributed by atoms with Crippen molar-refractivity contribution in [3.8, 4) is 0 Å². The van der Waals surface area contributed by atoms with Gasteiger partial charge < -0.3 is 16.0 Å². The molecule has 0 radical (unpaired) electrons. The summed E-state index contributed by atoms with van der Waals surface area (Å²) in [4.78, 5) is 25.0. The van der Waals surface area contributed by atoms with E-state index in [4.69, 9.17) is 11.6 Å². The number of rotatable bonds is 4. The number of benzene rings is 2.